The molecular formula is C11H15ClFN3O. The molecule has 0 aliphatic heterocycles. The first-order chi connectivity index (χ1) is 7.71. The van der Waals surface area contributed by atoms with Gasteiger partial charge < -0.3 is 16.8 Å². The quantitative estimate of drug-likeness (QED) is 0.725. The van der Waals surface area contributed by atoms with E-state index in [4.69, 9.17) is 23.1 Å². The predicted molar refractivity (Wildman–Crippen MR) is 67.3 cm³/mol. The van der Waals surface area contributed by atoms with Crippen LogP contribution in [-0.4, -0.2) is 11.4 Å². The SMILES string of the molecule is CC(C)(CC(N)=O)Nc1cc(F)c(Cl)cc1N. The van der Waals surface area contributed by atoms with Crippen LogP contribution in [0.3, 0.4) is 0 Å². The molecule has 17 heavy (non-hydrogen) atoms. The van der Waals surface area contributed by atoms with Crippen LogP contribution in [0.2, 0.25) is 5.02 Å². The van der Waals surface area contributed by atoms with Crippen molar-refractivity contribution >= 4 is 28.9 Å². The molecule has 0 radical (unpaired) electrons. The molecule has 0 aliphatic rings. The Morgan fingerprint density at radius 2 is 2.12 bits per heavy atom. The van der Waals surface area contributed by atoms with Crippen LogP contribution >= 0.6 is 11.6 Å². The number of carbonyl (C=O) groups is 1. The van der Waals surface area contributed by atoms with Crippen molar-refractivity contribution in [3.8, 4) is 0 Å². The highest BCUT2D eigenvalue weighted by atomic mass is 35.5. The summed E-state index contributed by atoms with van der Waals surface area (Å²) in [5, 5.41) is 2.92. The zero-order valence-electron chi connectivity index (χ0n) is 9.68. The van der Waals surface area contributed by atoms with E-state index in [1.165, 1.54) is 12.1 Å². The molecule has 0 aliphatic carbocycles. The molecule has 1 aromatic carbocycles. The minimum Gasteiger partial charge on any atom is -0.397 e. The van der Waals surface area contributed by atoms with Crippen molar-refractivity contribution in [1.82, 2.24) is 0 Å². The Labute approximate surface area is 104 Å². The zero-order valence-corrected chi connectivity index (χ0v) is 10.4. The van der Waals surface area contributed by atoms with Crippen LogP contribution in [0.1, 0.15) is 20.3 Å². The Morgan fingerprint density at radius 1 is 1.53 bits per heavy atom. The number of anilines is 2. The van der Waals surface area contributed by atoms with Gasteiger partial charge in [-0.15, -0.1) is 0 Å². The monoisotopic (exact) mass is 259 g/mol. The Kier molecular flexibility index (Phi) is 3.83. The molecule has 1 amide bonds. The number of carbonyl (C=O) groups excluding carboxylic acids is 1. The van der Waals surface area contributed by atoms with E-state index < -0.39 is 17.3 Å². The third-order valence-corrected chi connectivity index (χ3v) is 2.47. The van der Waals surface area contributed by atoms with Gasteiger partial charge in [-0.05, 0) is 19.9 Å². The van der Waals surface area contributed by atoms with Gasteiger partial charge in [0, 0.05) is 18.0 Å². The number of benzene rings is 1. The summed E-state index contributed by atoms with van der Waals surface area (Å²) in [4.78, 5) is 10.9. The minimum atomic E-state index is -0.611. The first-order valence-corrected chi connectivity index (χ1v) is 5.40. The summed E-state index contributed by atoms with van der Waals surface area (Å²) in [6.45, 7) is 3.54. The van der Waals surface area contributed by atoms with Crippen molar-refractivity contribution in [3.05, 3.63) is 23.0 Å². The summed E-state index contributed by atoms with van der Waals surface area (Å²) in [6.07, 6.45) is 0.108. The second kappa shape index (κ2) is 4.79. The van der Waals surface area contributed by atoms with Gasteiger partial charge in [-0.25, -0.2) is 4.39 Å². The molecule has 0 bridgehead atoms. The normalized spacial score (nSPS) is 11.3. The van der Waals surface area contributed by atoms with Crippen LogP contribution < -0.4 is 16.8 Å². The highest BCUT2D eigenvalue weighted by Crippen LogP contribution is 2.29. The lowest BCUT2D eigenvalue weighted by Crippen LogP contribution is -2.36. The molecule has 1 rings (SSSR count). The number of nitrogens with one attached hydrogen (secondary N) is 1. The van der Waals surface area contributed by atoms with Crippen molar-refractivity contribution in [2.45, 2.75) is 25.8 Å². The highest BCUT2D eigenvalue weighted by Gasteiger charge is 2.21. The zero-order chi connectivity index (χ0) is 13.2. The van der Waals surface area contributed by atoms with Crippen LogP contribution in [0.15, 0.2) is 12.1 Å². The Morgan fingerprint density at radius 3 is 2.65 bits per heavy atom. The number of amides is 1. The van der Waals surface area contributed by atoms with Gasteiger partial charge in [-0.1, -0.05) is 11.6 Å². The topological polar surface area (TPSA) is 81.1 Å². The van der Waals surface area contributed by atoms with E-state index >= 15 is 0 Å². The number of primary amides is 1. The number of hydrogen-bond donors (Lipinski definition) is 3. The molecule has 0 fully saturated rings. The summed E-state index contributed by atoms with van der Waals surface area (Å²) >= 11 is 5.58. The largest absolute Gasteiger partial charge is 0.397 e. The van der Waals surface area contributed by atoms with E-state index in [0.29, 0.717) is 11.4 Å². The van der Waals surface area contributed by atoms with E-state index in [-0.39, 0.29) is 11.4 Å². The first-order valence-electron chi connectivity index (χ1n) is 5.02. The number of nitrogens with two attached hydrogens (primary N) is 2. The molecule has 0 aromatic heterocycles. The second-order valence-electron chi connectivity index (χ2n) is 4.51. The van der Waals surface area contributed by atoms with Crippen LogP contribution in [0, 0.1) is 5.82 Å². The van der Waals surface area contributed by atoms with Crippen molar-refractivity contribution in [3.63, 3.8) is 0 Å². The van der Waals surface area contributed by atoms with Gasteiger partial charge in [0.2, 0.25) is 5.91 Å². The van der Waals surface area contributed by atoms with Gasteiger partial charge in [0.05, 0.1) is 16.4 Å². The van der Waals surface area contributed by atoms with E-state index in [2.05, 4.69) is 5.32 Å². The van der Waals surface area contributed by atoms with Gasteiger partial charge in [-0.3, -0.25) is 4.79 Å². The number of rotatable bonds is 4. The highest BCUT2D eigenvalue weighted by molar-refractivity contribution is 6.31. The van der Waals surface area contributed by atoms with Gasteiger partial charge in [0.15, 0.2) is 0 Å². The van der Waals surface area contributed by atoms with Crippen molar-refractivity contribution in [2.24, 2.45) is 5.73 Å². The smallest absolute Gasteiger partial charge is 0.219 e. The van der Waals surface area contributed by atoms with Crippen molar-refractivity contribution in [2.75, 3.05) is 11.1 Å². The van der Waals surface area contributed by atoms with E-state index in [0.717, 1.165) is 0 Å². The molecule has 0 atom stereocenters. The lowest BCUT2D eigenvalue weighted by atomic mass is 9.99. The van der Waals surface area contributed by atoms with Gasteiger partial charge in [0.25, 0.3) is 0 Å². The molecule has 0 heterocycles. The fourth-order valence-corrected chi connectivity index (χ4v) is 1.69. The van der Waals surface area contributed by atoms with Gasteiger partial charge >= 0.3 is 0 Å². The molecule has 0 saturated carbocycles. The van der Waals surface area contributed by atoms with Crippen molar-refractivity contribution < 1.29 is 9.18 Å². The van der Waals surface area contributed by atoms with Crippen LogP contribution in [0.25, 0.3) is 0 Å². The Balaban J connectivity index is 2.95. The van der Waals surface area contributed by atoms with E-state index in [1.807, 2.05) is 0 Å². The standard InChI is InChI=1S/C11H15ClFN3O/c1-11(2,5-10(15)17)16-9-4-7(13)6(12)3-8(9)14/h3-4,16H,5,14H2,1-2H3,(H2,15,17). The second-order valence-corrected chi connectivity index (χ2v) is 4.91. The third kappa shape index (κ3) is 3.78. The third-order valence-electron chi connectivity index (χ3n) is 2.18. The predicted octanol–water partition coefficient (Wildman–Crippen LogP) is 2.13. The summed E-state index contributed by atoms with van der Waals surface area (Å²) in [5.41, 5.74) is 10.9. The fraction of sp³-hybridized carbons (Fsp3) is 0.364. The molecule has 94 valence electrons. The maximum atomic E-state index is 13.3. The van der Waals surface area contributed by atoms with Gasteiger partial charge in [0.1, 0.15) is 5.82 Å². The molecule has 4 nitrogen and oxygen atoms in total. The first kappa shape index (κ1) is 13.6. The molecule has 6 heteroatoms. The number of hydrogen-bond acceptors (Lipinski definition) is 3. The minimum absolute atomic E-state index is 0.0410. The van der Waals surface area contributed by atoms with Gasteiger partial charge in [-0.2, -0.15) is 0 Å². The number of nitrogen functional groups attached to an aromatic ring is 1. The lowest BCUT2D eigenvalue weighted by Gasteiger charge is -2.27. The molecule has 5 N–H and O–H groups in total. The average Bonchev–Trinajstić information content (AvgIpc) is 2.11. The summed E-state index contributed by atoms with van der Waals surface area (Å²) < 4.78 is 13.3. The molecular weight excluding hydrogens is 245 g/mol. The van der Waals surface area contributed by atoms with Crippen LogP contribution in [0.5, 0.6) is 0 Å². The lowest BCUT2D eigenvalue weighted by molar-refractivity contribution is -0.118. The van der Waals surface area contributed by atoms with Crippen molar-refractivity contribution in [1.29, 1.82) is 0 Å². The average molecular weight is 260 g/mol. The molecule has 0 spiro atoms. The van der Waals surface area contributed by atoms with Crippen LogP contribution in [0.4, 0.5) is 15.8 Å². The maximum Gasteiger partial charge on any atom is 0.219 e. The number of halogens is 2. The summed E-state index contributed by atoms with van der Waals surface area (Å²) in [5.74, 6) is -1.02. The Bertz CT molecular complexity index is 449. The van der Waals surface area contributed by atoms with E-state index in [1.54, 1.807) is 13.8 Å². The molecule has 1 aromatic rings. The summed E-state index contributed by atoms with van der Waals surface area (Å²) in [6, 6.07) is 2.51. The Hall–Kier alpha value is -1.49. The summed E-state index contributed by atoms with van der Waals surface area (Å²) in [7, 11) is 0. The van der Waals surface area contributed by atoms with E-state index in [9.17, 15) is 9.18 Å². The molecule has 0 saturated heterocycles. The molecule has 0 unspecified atom stereocenters. The van der Waals surface area contributed by atoms with Crippen LogP contribution in [-0.2, 0) is 4.79 Å². The fourth-order valence-electron chi connectivity index (χ4n) is 1.51. The maximum absolute atomic E-state index is 13.3.